The molecule has 1 fully saturated rings. The van der Waals surface area contributed by atoms with E-state index in [9.17, 15) is 14.3 Å². The summed E-state index contributed by atoms with van der Waals surface area (Å²) in [5.41, 5.74) is 1.15. The maximum Gasteiger partial charge on any atom is 0.329 e. The Morgan fingerprint density at radius 1 is 1.20 bits per heavy atom. The molecule has 3 N–H and O–H groups in total. The standard InChI is InChI=1S/C22H30FN3O2S2/c1-13(2)15-8-9-16(23)18(14(3)4)19(15)25-20(27)26-30-21-24-12-17(29-21)22(28)10-6-5-7-11-22/h8-9,12-14,28H,5-7,10-11H2,1-4H3,(H2,25,26,27). The SMILES string of the molecule is CC(C)c1ccc(F)c(C(C)C)c1NC(=O)NSc1ncc(C2(O)CCCCC2)s1. The number of halogens is 1. The number of aliphatic hydroxyl groups is 1. The first-order valence-electron chi connectivity index (χ1n) is 10.5. The van der Waals surface area contributed by atoms with E-state index in [0.29, 0.717) is 15.6 Å². The highest BCUT2D eigenvalue weighted by Gasteiger charge is 2.33. The Kier molecular flexibility index (Phi) is 7.42. The van der Waals surface area contributed by atoms with Gasteiger partial charge in [-0.2, -0.15) is 0 Å². The van der Waals surface area contributed by atoms with Gasteiger partial charge in [-0.25, -0.2) is 14.2 Å². The number of hydrogen-bond acceptors (Lipinski definition) is 5. The molecule has 1 aromatic carbocycles. The summed E-state index contributed by atoms with van der Waals surface area (Å²) in [7, 11) is 0. The van der Waals surface area contributed by atoms with Gasteiger partial charge in [0, 0.05) is 23.7 Å². The Balaban J connectivity index is 1.69. The Labute approximate surface area is 186 Å². The van der Waals surface area contributed by atoms with Crippen LogP contribution in [0.2, 0.25) is 0 Å². The van der Waals surface area contributed by atoms with Gasteiger partial charge < -0.3 is 10.4 Å². The highest BCUT2D eigenvalue weighted by Crippen LogP contribution is 2.41. The van der Waals surface area contributed by atoms with E-state index in [-0.39, 0.29) is 17.7 Å². The van der Waals surface area contributed by atoms with Gasteiger partial charge in [-0.15, -0.1) is 11.3 Å². The number of rotatable bonds is 6. The molecule has 1 saturated carbocycles. The maximum absolute atomic E-state index is 14.5. The second-order valence-corrected chi connectivity index (χ2v) is 10.6. The van der Waals surface area contributed by atoms with Crippen molar-refractivity contribution in [2.24, 2.45) is 0 Å². The van der Waals surface area contributed by atoms with Crippen molar-refractivity contribution in [3.63, 3.8) is 0 Å². The lowest BCUT2D eigenvalue weighted by molar-refractivity contribution is 0.00264. The van der Waals surface area contributed by atoms with Crippen LogP contribution in [0, 0.1) is 5.82 Å². The van der Waals surface area contributed by atoms with Crippen molar-refractivity contribution < 1.29 is 14.3 Å². The number of anilines is 1. The van der Waals surface area contributed by atoms with Crippen LogP contribution >= 0.6 is 23.3 Å². The Morgan fingerprint density at radius 2 is 1.90 bits per heavy atom. The molecule has 2 aromatic rings. The van der Waals surface area contributed by atoms with Crippen LogP contribution in [-0.4, -0.2) is 16.1 Å². The van der Waals surface area contributed by atoms with Gasteiger partial charge in [-0.3, -0.25) is 4.72 Å². The third-order valence-corrected chi connectivity index (χ3v) is 7.57. The quantitative estimate of drug-likeness (QED) is 0.438. The van der Waals surface area contributed by atoms with E-state index in [1.807, 2.05) is 27.7 Å². The largest absolute Gasteiger partial charge is 0.384 e. The van der Waals surface area contributed by atoms with Crippen molar-refractivity contribution in [1.82, 2.24) is 9.71 Å². The second kappa shape index (κ2) is 9.66. The molecular weight excluding hydrogens is 421 g/mol. The lowest BCUT2D eigenvalue weighted by atomic mass is 9.84. The molecule has 164 valence electrons. The molecule has 0 atom stereocenters. The number of hydrogen-bond donors (Lipinski definition) is 3. The molecule has 0 spiro atoms. The number of carbonyl (C=O) groups is 1. The number of aromatic nitrogens is 1. The van der Waals surface area contributed by atoms with E-state index in [0.717, 1.165) is 54.5 Å². The summed E-state index contributed by atoms with van der Waals surface area (Å²) in [5, 5.41) is 13.7. The molecule has 2 amide bonds. The zero-order valence-corrected chi connectivity index (χ0v) is 19.6. The fourth-order valence-electron chi connectivity index (χ4n) is 3.93. The molecule has 8 heteroatoms. The van der Waals surface area contributed by atoms with Crippen molar-refractivity contribution in [2.75, 3.05) is 5.32 Å². The number of amides is 2. The van der Waals surface area contributed by atoms with E-state index in [4.69, 9.17) is 0 Å². The molecule has 3 rings (SSSR count). The topological polar surface area (TPSA) is 74.2 Å². The lowest BCUT2D eigenvalue weighted by Crippen LogP contribution is -2.27. The molecule has 30 heavy (non-hydrogen) atoms. The van der Waals surface area contributed by atoms with Gasteiger partial charge >= 0.3 is 6.03 Å². The lowest BCUT2D eigenvalue weighted by Gasteiger charge is -2.30. The summed E-state index contributed by atoms with van der Waals surface area (Å²) in [4.78, 5) is 17.8. The second-order valence-electron chi connectivity index (χ2n) is 8.48. The van der Waals surface area contributed by atoms with Crippen LogP contribution in [0.1, 0.15) is 87.6 Å². The molecule has 0 aliphatic heterocycles. The molecule has 0 saturated heterocycles. The predicted octanol–water partition coefficient (Wildman–Crippen LogP) is 6.51. The number of thiazole rings is 1. The fourth-order valence-corrected chi connectivity index (χ4v) is 5.62. The van der Waals surface area contributed by atoms with Crippen molar-refractivity contribution >= 4 is 35.0 Å². The van der Waals surface area contributed by atoms with E-state index >= 15 is 0 Å². The van der Waals surface area contributed by atoms with Crippen molar-refractivity contribution in [2.45, 2.75) is 81.6 Å². The summed E-state index contributed by atoms with van der Waals surface area (Å²) >= 11 is 2.51. The normalized spacial score (nSPS) is 16.1. The van der Waals surface area contributed by atoms with Crippen LogP contribution in [0.3, 0.4) is 0 Å². The predicted molar refractivity (Wildman–Crippen MR) is 122 cm³/mol. The average Bonchev–Trinajstić information content (AvgIpc) is 3.16. The maximum atomic E-state index is 14.5. The van der Waals surface area contributed by atoms with E-state index in [1.54, 1.807) is 12.3 Å². The number of carbonyl (C=O) groups excluding carboxylic acids is 1. The summed E-state index contributed by atoms with van der Waals surface area (Å²) in [6.45, 7) is 7.85. The van der Waals surface area contributed by atoms with Gasteiger partial charge in [0.15, 0.2) is 4.34 Å². The minimum Gasteiger partial charge on any atom is -0.384 e. The summed E-state index contributed by atoms with van der Waals surface area (Å²) in [6, 6.07) is 2.77. The van der Waals surface area contributed by atoms with Crippen molar-refractivity contribution in [3.05, 3.63) is 40.2 Å². The number of nitrogens with one attached hydrogen (secondary N) is 2. The molecule has 0 bridgehead atoms. The van der Waals surface area contributed by atoms with Crippen LogP contribution in [0.5, 0.6) is 0 Å². The molecule has 1 aliphatic carbocycles. The third kappa shape index (κ3) is 5.15. The molecule has 0 unspecified atom stereocenters. The first-order chi connectivity index (χ1) is 14.2. The number of benzene rings is 1. The van der Waals surface area contributed by atoms with E-state index < -0.39 is 11.6 Å². The minimum absolute atomic E-state index is 0.0654. The van der Waals surface area contributed by atoms with Gasteiger partial charge in [0.25, 0.3) is 0 Å². The highest BCUT2D eigenvalue weighted by molar-refractivity contribution is 7.99. The summed E-state index contributed by atoms with van der Waals surface area (Å²) in [5.74, 6) is -0.240. The Hall–Kier alpha value is -1.64. The Morgan fingerprint density at radius 3 is 2.53 bits per heavy atom. The van der Waals surface area contributed by atoms with Crippen LogP contribution < -0.4 is 10.0 Å². The van der Waals surface area contributed by atoms with Crippen molar-refractivity contribution in [3.8, 4) is 0 Å². The molecule has 1 heterocycles. The van der Waals surface area contributed by atoms with Gasteiger partial charge in [0.1, 0.15) is 11.4 Å². The van der Waals surface area contributed by atoms with Crippen molar-refractivity contribution in [1.29, 1.82) is 0 Å². The molecular formula is C22H30FN3O2S2. The van der Waals surface area contributed by atoms with Gasteiger partial charge in [-0.05, 0) is 36.3 Å². The third-order valence-electron chi connectivity index (χ3n) is 5.52. The average molecular weight is 452 g/mol. The molecule has 0 radical (unpaired) electrons. The van der Waals surface area contributed by atoms with Gasteiger partial charge in [0.2, 0.25) is 0 Å². The van der Waals surface area contributed by atoms with E-state index in [2.05, 4.69) is 15.0 Å². The smallest absolute Gasteiger partial charge is 0.329 e. The van der Waals surface area contributed by atoms with Gasteiger partial charge in [0.05, 0.1) is 10.6 Å². The molecule has 5 nitrogen and oxygen atoms in total. The first-order valence-corrected chi connectivity index (χ1v) is 12.1. The monoisotopic (exact) mass is 451 g/mol. The highest BCUT2D eigenvalue weighted by atomic mass is 32.2. The zero-order chi connectivity index (χ0) is 21.9. The summed E-state index contributed by atoms with van der Waals surface area (Å²) in [6.07, 6.45) is 6.40. The molecule has 1 aromatic heterocycles. The van der Waals surface area contributed by atoms with E-state index in [1.165, 1.54) is 17.4 Å². The van der Waals surface area contributed by atoms with Crippen LogP contribution in [0.25, 0.3) is 0 Å². The summed E-state index contributed by atoms with van der Waals surface area (Å²) < 4.78 is 17.8. The fraction of sp³-hybridized carbons (Fsp3) is 0.545. The number of urea groups is 1. The van der Waals surface area contributed by atoms with Crippen LogP contribution in [-0.2, 0) is 5.60 Å². The van der Waals surface area contributed by atoms with Gasteiger partial charge in [-0.1, -0.05) is 53.0 Å². The molecule has 1 aliphatic rings. The minimum atomic E-state index is -0.795. The zero-order valence-electron chi connectivity index (χ0n) is 17.9. The number of nitrogens with zero attached hydrogens (tertiary/aromatic N) is 1. The first kappa shape index (κ1) is 23.0. The Bertz CT molecular complexity index is 893. The van der Waals surface area contributed by atoms with Crippen LogP contribution in [0.4, 0.5) is 14.9 Å². The van der Waals surface area contributed by atoms with Crippen LogP contribution in [0.15, 0.2) is 22.7 Å².